The fourth-order valence-corrected chi connectivity index (χ4v) is 2.02. The SMILES string of the molecule is c1ccc2c(OC3CCNCC3)noc2c1. The number of piperidine rings is 1. The summed E-state index contributed by atoms with van der Waals surface area (Å²) in [4.78, 5) is 0. The van der Waals surface area contributed by atoms with Crippen LogP contribution in [0.3, 0.4) is 0 Å². The van der Waals surface area contributed by atoms with Crippen LogP contribution in [0.25, 0.3) is 11.0 Å². The molecule has 0 unspecified atom stereocenters. The maximum atomic E-state index is 5.86. The van der Waals surface area contributed by atoms with Gasteiger partial charge in [0, 0.05) is 0 Å². The molecular weight excluding hydrogens is 204 g/mol. The van der Waals surface area contributed by atoms with Gasteiger partial charge in [0.15, 0.2) is 5.58 Å². The number of nitrogens with one attached hydrogen (secondary N) is 1. The van der Waals surface area contributed by atoms with Gasteiger partial charge in [0.1, 0.15) is 6.10 Å². The molecule has 0 amide bonds. The molecular formula is C12H14N2O2. The third-order valence-electron chi connectivity index (χ3n) is 2.91. The minimum Gasteiger partial charge on any atom is -0.472 e. The lowest BCUT2D eigenvalue weighted by atomic mass is 10.1. The number of rotatable bonds is 2. The number of aromatic nitrogens is 1. The Hall–Kier alpha value is -1.55. The number of benzene rings is 1. The average Bonchev–Trinajstić information content (AvgIpc) is 2.74. The largest absolute Gasteiger partial charge is 0.472 e. The Morgan fingerprint density at radius 3 is 2.94 bits per heavy atom. The lowest BCUT2D eigenvalue weighted by molar-refractivity contribution is 0.151. The second-order valence-corrected chi connectivity index (χ2v) is 4.05. The highest BCUT2D eigenvalue weighted by atomic mass is 16.5. The molecule has 1 saturated heterocycles. The van der Waals surface area contributed by atoms with Crippen LogP contribution in [0.1, 0.15) is 12.8 Å². The highest BCUT2D eigenvalue weighted by molar-refractivity contribution is 5.81. The zero-order chi connectivity index (χ0) is 10.8. The summed E-state index contributed by atoms with van der Waals surface area (Å²) in [6, 6.07) is 7.77. The van der Waals surface area contributed by atoms with E-state index in [9.17, 15) is 0 Å². The first-order valence-electron chi connectivity index (χ1n) is 5.65. The normalized spacial score (nSPS) is 17.8. The summed E-state index contributed by atoms with van der Waals surface area (Å²) < 4.78 is 11.1. The van der Waals surface area contributed by atoms with Crippen LogP contribution in [-0.2, 0) is 0 Å². The van der Waals surface area contributed by atoms with Crippen molar-refractivity contribution in [1.82, 2.24) is 10.5 Å². The molecule has 2 heterocycles. The summed E-state index contributed by atoms with van der Waals surface area (Å²) in [6.45, 7) is 2.03. The van der Waals surface area contributed by atoms with Crippen molar-refractivity contribution < 1.29 is 9.26 Å². The molecule has 0 spiro atoms. The molecule has 1 aliphatic rings. The molecule has 2 aromatic rings. The maximum Gasteiger partial charge on any atom is 0.262 e. The minimum atomic E-state index is 0.259. The molecule has 0 aliphatic carbocycles. The number of hydrogen-bond donors (Lipinski definition) is 1. The molecule has 1 aromatic heterocycles. The van der Waals surface area contributed by atoms with Crippen LogP contribution in [0.15, 0.2) is 28.8 Å². The van der Waals surface area contributed by atoms with E-state index in [-0.39, 0.29) is 6.10 Å². The number of nitrogens with zero attached hydrogens (tertiary/aromatic N) is 1. The predicted molar refractivity (Wildman–Crippen MR) is 60.5 cm³/mol. The minimum absolute atomic E-state index is 0.259. The predicted octanol–water partition coefficient (Wildman–Crippen LogP) is 1.96. The zero-order valence-electron chi connectivity index (χ0n) is 8.98. The molecule has 16 heavy (non-hydrogen) atoms. The van der Waals surface area contributed by atoms with E-state index in [1.165, 1.54) is 0 Å². The van der Waals surface area contributed by atoms with Crippen molar-refractivity contribution in [3.05, 3.63) is 24.3 Å². The van der Waals surface area contributed by atoms with Gasteiger partial charge < -0.3 is 14.6 Å². The first kappa shape index (κ1) is 9.66. The Balaban J connectivity index is 1.83. The standard InChI is InChI=1S/C12H14N2O2/c1-2-4-11-10(3-1)12(14-16-11)15-9-5-7-13-8-6-9/h1-4,9,13H,5-8H2. The van der Waals surface area contributed by atoms with Gasteiger partial charge in [-0.1, -0.05) is 12.1 Å². The van der Waals surface area contributed by atoms with Crippen molar-refractivity contribution >= 4 is 11.0 Å². The van der Waals surface area contributed by atoms with Crippen LogP contribution < -0.4 is 10.1 Å². The molecule has 1 N–H and O–H groups in total. The lowest BCUT2D eigenvalue weighted by Gasteiger charge is -2.22. The van der Waals surface area contributed by atoms with Crippen LogP contribution in [0, 0.1) is 0 Å². The van der Waals surface area contributed by atoms with Gasteiger partial charge in [0.2, 0.25) is 0 Å². The summed E-state index contributed by atoms with van der Waals surface area (Å²) in [5, 5.41) is 8.24. The van der Waals surface area contributed by atoms with Crippen molar-refractivity contribution in [2.45, 2.75) is 18.9 Å². The van der Waals surface area contributed by atoms with E-state index in [4.69, 9.17) is 9.26 Å². The van der Waals surface area contributed by atoms with Gasteiger partial charge in [-0.15, -0.1) is 0 Å². The molecule has 1 fully saturated rings. The maximum absolute atomic E-state index is 5.86. The lowest BCUT2D eigenvalue weighted by Crippen LogP contribution is -2.34. The molecule has 0 bridgehead atoms. The van der Waals surface area contributed by atoms with Crippen molar-refractivity contribution in [2.75, 3.05) is 13.1 Å². The van der Waals surface area contributed by atoms with Crippen LogP contribution in [0.2, 0.25) is 0 Å². The summed E-state index contributed by atoms with van der Waals surface area (Å²) in [7, 11) is 0. The monoisotopic (exact) mass is 218 g/mol. The number of ether oxygens (including phenoxy) is 1. The smallest absolute Gasteiger partial charge is 0.262 e. The Morgan fingerprint density at radius 1 is 1.25 bits per heavy atom. The van der Waals surface area contributed by atoms with E-state index in [2.05, 4.69) is 10.5 Å². The summed E-state index contributed by atoms with van der Waals surface area (Å²) >= 11 is 0. The fraction of sp³-hybridized carbons (Fsp3) is 0.417. The van der Waals surface area contributed by atoms with Gasteiger partial charge in [-0.2, -0.15) is 0 Å². The Labute approximate surface area is 93.6 Å². The van der Waals surface area contributed by atoms with Gasteiger partial charge in [0.05, 0.1) is 5.39 Å². The number of fused-ring (bicyclic) bond motifs is 1. The highest BCUT2D eigenvalue weighted by Gasteiger charge is 2.17. The number of para-hydroxylation sites is 1. The van der Waals surface area contributed by atoms with Crippen LogP contribution in [0.5, 0.6) is 5.88 Å². The summed E-state index contributed by atoms with van der Waals surface area (Å²) in [5.74, 6) is 0.627. The van der Waals surface area contributed by atoms with Crippen LogP contribution >= 0.6 is 0 Å². The second-order valence-electron chi connectivity index (χ2n) is 4.05. The van der Waals surface area contributed by atoms with Gasteiger partial charge in [-0.05, 0) is 43.2 Å². The Bertz CT molecular complexity index is 475. The van der Waals surface area contributed by atoms with Gasteiger partial charge in [0.25, 0.3) is 5.88 Å². The van der Waals surface area contributed by atoms with E-state index in [0.29, 0.717) is 5.88 Å². The second kappa shape index (κ2) is 4.14. The first-order valence-corrected chi connectivity index (χ1v) is 5.65. The molecule has 0 radical (unpaired) electrons. The third-order valence-corrected chi connectivity index (χ3v) is 2.91. The van der Waals surface area contributed by atoms with E-state index in [0.717, 1.165) is 36.9 Å². The Kier molecular flexibility index (Phi) is 2.50. The van der Waals surface area contributed by atoms with E-state index in [1.807, 2.05) is 24.3 Å². The average molecular weight is 218 g/mol. The van der Waals surface area contributed by atoms with E-state index < -0.39 is 0 Å². The van der Waals surface area contributed by atoms with Gasteiger partial charge in [-0.3, -0.25) is 0 Å². The van der Waals surface area contributed by atoms with Crippen molar-refractivity contribution in [3.8, 4) is 5.88 Å². The molecule has 4 nitrogen and oxygen atoms in total. The molecule has 4 heteroatoms. The molecule has 1 aromatic carbocycles. The third kappa shape index (κ3) is 1.76. The molecule has 3 rings (SSSR count). The molecule has 84 valence electrons. The van der Waals surface area contributed by atoms with Crippen LogP contribution in [-0.4, -0.2) is 24.4 Å². The van der Waals surface area contributed by atoms with Crippen molar-refractivity contribution in [2.24, 2.45) is 0 Å². The van der Waals surface area contributed by atoms with E-state index in [1.54, 1.807) is 0 Å². The Morgan fingerprint density at radius 2 is 2.06 bits per heavy atom. The van der Waals surface area contributed by atoms with Crippen LogP contribution in [0.4, 0.5) is 0 Å². The molecule has 1 aliphatic heterocycles. The molecule has 0 saturated carbocycles. The van der Waals surface area contributed by atoms with E-state index >= 15 is 0 Å². The zero-order valence-corrected chi connectivity index (χ0v) is 8.98. The molecule has 0 atom stereocenters. The van der Waals surface area contributed by atoms with Gasteiger partial charge in [-0.25, -0.2) is 0 Å². The topological polar surface area (TPSA) is 47.3 Å². The quantitative estimate of drug-likeness (QED) is 0.837. The summed E-state index contributed by atoms with van der Waals surface area (Å²) in [6.07, 6.45) is 2.32. The highest BCUT2D eigenvalue weighted by Crippen LogP contribution is 2.26. The van der Waals surface area contributed by atoms with Crippen molar-refractivity contribution in [1.29, 1.82) is 0 Å². The summed E-state index contributed by atoms with van der Waals surface area (Å²) in [5.41, 5.74) is 0.784. The van der Waals surface area contributed by atoms with Gasteiger partial charge >= 0.3 is 0 Å². The fourth-order valence-electron chi connectivity index (χ4n) is 2.02. The number of hydrogen-bond acceptors (Lipinski definition) is 4. The van der Waals surface area contributed by atoms with Crippen molar-refractivity contribution in [3.63, 3.8) is 0 Å². The first-order chi connectivity index (χ1) is 7.93.